The highest BCUT2D eigenvalue weighted by Gasteiger charge is 2.11. The summed E-state index contributed by atoms with van der Waals surface area (Å²) >= 11 is 0. The predicted molar refractivity (Wildman–Crippen MR) is 42.3 cm³/mol. The summed E-state index contributed by atoms with van der Waals surface area (Å²) in [6, 6.07) is 0.573. The van der Waals surface area contributed by atoms with Gasteiger partial charge in [0.15, 0.2) is 0 Å². The van der Waals surface area contributed by atoms with Gasteiger partial charge in [0.05, 0.1) is 6.61 Å². The molecule has 1 aliphatic heterocycles. The van der Waals surface area contributed by atoms with Crippen LogP contribution in [0.2, 0.25) is 0 Å². The molecule has 1 aliphatic rings. The molecule has 1 heterocycles. The Labute approximate surface area is 67.1 Å². The van der Waals surface area contributed by atoms with Gasteiger partial charge in [0, 0.05) is 6.04 Å². The highest BCUT2D eigenvalue weighted by atomic mass is 16.5. The first-order valence-electron chi connectivity index (χ1n) is 4.22. The highest BCUT2D eigenvalue weighted by molar-refractivity contribution is 5.36. The number of nitrogens with one attached hydrogen (secondary N) is 1. The first-order chi connectivity index (χ1) is 5.43. The van der Waals surface area contributed by atoms with Crippen molar-refractivity contribution in [2.45, 2.75) is 31.7 Å². The molecule has 1 N–H and O–H groups in total. The van der Waals surface area contributed by atoms with E-state index >= 15 is 0 Å². The zero-order valence-electron chi connectivity index (χ0n) is 6.71. The number of rotatable bonds is 4. The maximum Gasteiger partial charge on any atom is 0.293 e. The van der Waals surface area contributed by atoms with Crippen molar-refractivity contribution < 1.29 is 9.53 Å². The molecule has 0 aliphatic carbocycles. The maximum atomic E-state index is 9.80. The summed E-state index contributed by atoms with van der Waals surface area (Å²) < 4.78 is 4.62. The van der Waals surface area contributed by atoms with Crippen LogP contribution in [0.15, 0.2) is 0 Å². The standard InChI is InChI=1S/C8H15NO2/c10-7-11-6-4-8-3-1-2-5-9-8/h7-9H,1-6H2. The molecule has 0 bridgehead atoms. The fourth-order valence-corrected chi connectivity index (χ4v) is 1.43. The van der Waals surface area contributed by atoms with Gasteiger partial charge in [-0.1, -0.05) is 6.42 Å². The Morgan fingerprint density at radius 3 is 3.09 bits per heavy atom. The molecule has 3 nitrogen and oxygen atoms in total. The molecule has 0 radical (unpaired) electrons. The van der Waals surface area contributed by atoms with Gasteiger partial charge in [0.1, 0.15) is 0 Å². The van der Waals surface area contributed by atoms with Crippen LogP contribution in [-0.2, 0) is 9.53 Å². The largest absolute Gasteiger partial charge is 0.468 e. The Morgan fingerprint density at radius 2 is 2.45 bits per heavy atom. The third-order valence-electron chi connectivity index (χ3n) is 2.06. The van der Waals surface area contributed by atoms with E-state index in [1.807, 2.05) is 0 Å². The minimum Gasteiger partial charge on any atom is -0.468 e. The van der Waals surface area contributed by atoms with Crippen molar-refractivity contribution >= 4 is 6.47 Å². The molecule has 1 saturated heterocycles. The molecule has 1 fully saturated rings. The zero-order valence-corrected chi connectivity index (χ0v) is 6.71. The molecule has 0 aromatic heterocycles. The summed E-state index contributed by atoms with van der Waals surface area (Å²) in [5.74, 6) is 0. The van der Waals surface area contributed by atoms with Gasteiger partial charge in [-0.2, -0.15) is 0 Å². The van der Waals surface area contributed by atoms with E-state index in [0.717, 1.165) is 13.0 Å². The van der Waals surface area contributed by atoms with Crippen molar-refractivity contribution in [3.05, 3.63) is 0 Å². The lowest BCUT2D eigenvalue weighted by Gasteiger charge is -2.22. The van der Waals surface area contributed by atoms with Crippen LogP contribution in [0.3, 0.4) is 0 Å². The first kappa shape index (κ1) is 8.53. The number of carbonyl (C=O) groups excluding carboxylic acids is 1. The van der Waals surface area contributed by atoms with E-state index in [1.54, 1.807) is 0 Å². The van der Waals surface area contributed by atoms with Crippen molar-refractivity contribution in [3.8, 4) is 0 Å². The molecule has 11 heavy (non-hydrogen) atoms. The van der Waals surface area contributed by atoms with E-state index in [0.29, 0.717) is 19.1 Å². The minimum atomic E-state index is 0.517. The van der Waals surface area contributed by atoms with Gasteiger partial charge in [-0.3, -0.25) is 4.79 Å². The number of piperidine rings is 1. The SMILES string of the molecule is O=COCCC1CCCCN1. The maximum absolute atomic E-state index is 9.80. The average molecular weight is 157 g/mol. The lowest BCUT2D eigenvalue weighted by atomic mass is 10.0. The lowest BCUT2D eigenvalue weighted by molar-refractivity contribution is -0.128. The summed E-state index contributed by atoms with van der Waals surface area (Å²) in [4.78, 5) is 9.80. The predicted octanol–water partition coefficient (Wildman–Crippen LogP) is 0.692. The van der Waals surface area contributed by atoms with Crippen molar-refractivity contribution in [1.29, 1.82) is 0 Å². The Bertz CT molecular complexity index is 111. The smallest absolute Gasteiger partial charge is 0.293 e. The quantitative estimate of drug-likeness (QED) is 0.482. The molecule has 0 spiro atoms. The molecule has 1 rings (SSSR count). The van der Waals surface area contributed by atoms with Gasteiger partial charge in [-0.05, 0) is 25.8 Å². The van der Waals surface area contributed by atoms with Crippen molar-refractivity contribution in [2.75, 3.05) is 13.2 Å². The van der Waals surface area contributed by atoms with Gasteiger partial charge in [-0.25, -0.2) is 0 Å². The summed E-state index contributed by atoms with van der Waals surface area (Å²) in [5.41, 5.74) is 0. The second kappa shape index (κ2) is 5.13. The Hall–Kier alpha value is -0.570. The zero-order chi connectivity index (χ0) is 7.94. The van der Waals surface area contributed by atoms with Crippen LogP contribution in [0.25, 0.3) is 0 Å². The summed E-state index contributed by atoms with van der Waals surface area (Å²) in [6.45, 7) is 2.19. The summed E-state index contributed by atoms with van der Waals surface area (Å²) in [7, 11) is 0. The number of hydrogen-bond acceptors (Lipinski definition) is 3. The Kier molecular flexibility index (Phi) is 3.98. The normalized spacial score (nSPS) is 24.5. The third-order valence-corrected chi connectivity index (χ3v) is 2.06. The Morgan fingerprint density at radius 1 is 1.55 bits per heavy atom. The highest BCUT2D eigenvalue weighted by Crippen LogP contribution is 2.09. The fraction of sp³-hybridized carbons (Fsp3) is 0.875. The van der Waals surface area contributed by atoms with E-state index in [1.165, 1.54) is 19.3 Å². The van der Waals surface area contributed by atoms with Crippen LogP contribution in [0.1, 0.15) is 25.7 Å². The second-order valence-electron chi connectivity index (χ2n) is 2.90. The van der Waals surface area contributed by atoms with E-state index in [-0.39, 0.29) is 0 Å². The van der Waals surface area contributed by atoms with E-state index in [9.17, 15) is 4.79 Å². The Balaban J connectivity index is 2.00. The first-order valence-corrected chi connectivity index (χ1v) is 4.22. The molecule has 1 unspecified atom stereocenters. The van der Waals surface area contributed by atoms with Crippen LogP contribution in [0, 0.1) is 0 Å². The number of carbonyl (C=O) groups is 1. The van der Waals surface area contributed by atoms with Crippen LogP contribution < -0.4 is 5.32 Å². The van der Waals surface area contributed by atoms with Crippen LogP contribution >= 0.6 is 0 Å². The second-order valence-corrected chi connectivity index (χ2v) is 2.90. The molecule has 3 heteroatoms. The van der Waals surface area contributed by atoms with Gasteiger partial charge >= 0.3 is 0 Å². The molecule has 0 aromatic rings. The van der Waals surface area contributed by atoms with Crippen molar-refractivity contribution in [1.82, 2.24) is 5.32 Å². The van der Waals surface area contributed by atoms with Gasteiger partial charge in [0.2, 0.25) is 0 Å². The average Bonchev–Trinajstić information content (AvgIpc) is 2.07. The molecule has 64 valence electrons. The van der Waals surface area contributed by atoms with E-state index in [4.69, 9.17) is 0 Å². The lowest BCUT2D eigenvalue weighted by Crippen LogP contribution is -2.34. The van der Waals surface area contributed by atoms with Gasteiger partial charge in [0.25, 0.3) is 6.47 Å². The summed E-state index contributed by atoms with van der Waals surface area (Å²) in [5, 5.41) is 3.38. The molecular weight excluding hydrogens is 142 g/mol. The van der Waals surface area contributed by atoms with E-state index < -0.39 is 0 Å². The number of hydrogen-bond donors (Lipinski definition) is 1. The fourth-order valence-electron chi connectivity index (χ4n) is 1.43. The molecular formula is C8H15NO2. The minimum absolute atomic E-state index is 0.517. The van der Waals surface area contributed by atoms with Crippen LogP contribution in [0.5, 0.6) is 0 Å². The molecule has 1 atom stereocenters. The van der Waals surface area contributed by atoms with Gasteiger partial charge < -0.3 is 10.1 Å². The molecule has 0 aromatic carbocycles. The van der Waals surface area contributed by atoms with E-state index in [2.05, 4.69) is 10.1 Å². The molecule has 0 amide bonds. The van der Waals surface area contributed by atoms with Crippen molar-refractivity contribution in [2.24, 2.45) is 0 Å². The van der Waals surface area contributed by atoms with Crippen LogP contribution in [0.4, 0.5) is 0 Å². The monoisotopic (exact) mass is 157 g/mol. The van der Waals surface area contributed by atoms with Gasteiger partial charge in [-0.15, -0.1) is 0 Å². The molecule has 0 saturated carbocycles. The van der Waals surface area contributed by atoms with Crippen LogP contribution in [-0.4, -0.2) is 25.7 Å². The third kappa shape index (κ3) is 3.37. The summed E-state index contributed by atoms with van der Waals surface area (Å²) in [6.07, 6.45) is 4.77. The van der Waals surface area contributed by atoms with Crippen molar-refractivity contribution in [3.63, 3.8) is 0 Å². The number of ether oxygens (including phenoxy) is 1. The topological polar surface area (TPSA) is 38.3 Å².